The quantitative estimate of drug-likeness (QED) is 0.152. The molecular weight excluding hydrogens is 775 g/mol. The lowest BCUT2D eigenvalue weighted by atomic mass is 9.93. The summed E-state index contributed by atoms with van der Waals surface area (Å²) in [5.41, 5.74) is 16.9. The summed E-state index contributed by atoms with van der Waals surface area (Å²) in [5.74, 6) is 0. The first-order valence-corrected chi connectivity index (χ1v) is 21.9. The highest BCUT2D eigenvalue weighted by Gasteiger charge is 2.18. The zero-order valence-corrected chi connectivity index (χ0v) is 35.0. The van der Waals surface area contributed by atoms with Crippen molar-refractivity contribution < 1.29 is 4.42 Å². The molecule has 0 saturated carbocycles. The number of hydrogen-bond donors (Lipinski definition) is 0. The summed E-state index contributed by atoms with van der Waals surface area (Å²) in [4.78, 5) is 2.36. The van der Waals surface area contributed by atoms with Gasteiger partial charge < -0.3 is 9.32 Å². The molecule has 0 saturated heterocycles. The van der Waals surface area contributed by atoms with Crippen LogP contribution in [0.15, 0.2) is 253 Å². The number of anilines is 3. The number of fused-ring (bicyclic) bond motifs is 6. The van der Waals surface area contributed by atoms with Crippen molar-refractivity contribution in [2.24, 2.45) is 0 Å². The number of benzene rings is 11. The van der Waals surface area contributed by atoms with Crippen LogP contribution in [-0.2, 0) is 0 Å². The standard InChI is InChI=1S/C62H41NO/c1-3-13-42(14-4-1)49-39-50(43-15-5-2-6-16-43)41-51(40-49)44-25-32-52(33-26-44)63(53-34-27-47(28-35-53)56-22-11-19-45-17-7-9-20-55(45)56)54-36-29-48(30-37-54)57-23-12-24-60-61(57)59-38-31-46-18-8-10-21-58(46)62(59)64-60/h1-41H. The van der Waals surface area contributed by atoms with Crippen LogP contribution in [0.1, 0.15) is 0 Å². The third-order valence-corrected chi connectivity index (χ3v) is 12.7. The first-order chi connectivity index (χ1) is 31.7. The predicted molar refractivity (Wildman–Crippen MR) is 271 cm³/mol. The van der Waals surface area contributed by atoms with Crippen molar-refractivity contribution in [3.8, 4) is 55.6 Å². The van der Waals surface area contributed by atoms with Crippen molar-refractivity contribution in [2.45, 2.75) is 0 Å². The van der Waals surface area contributed by atoms with Gasteiger partial charge in [-0.2, -0.15) is 0 Å². The van der Waals surface area contributed by atoms with E-state index in [1.54, 1.807) is 0 Å². The fourth-order valence-corrected chi connectivity index (χ4v) is 9.49. The highest BCUT2D eigenvalue weighted by molar-refractivity contribution is 6.19. The van der Waals surface area contributed by atoms with Gasteiger partial charge in [0.1, 0.15) is 11.2 Å². The van der Waals surface area contributed by atoms with Crippen molar-refractivity contribution >= 4 is 60.5 Å². The second-order valence-corrected chi connectivity index (χ2v) is 16.5. The van der Waals surface area contributed by atoms with Crippen molar-refractivity contribution in [1.29, 1.82) is 0 Å². The van der Waals surface area contributed by atoms with Gasteiger partial charge in [-0.25, -0.2) is 0 Å². The molecule has 2 heteroatoms. The van der Waals surface area contributed by atoms with Crippen LogP contribution in [-0.4, -0.2) is 0 Å². The molecule has 0 amide bonds. The lowest BCUT2D eigenvalue weighted by molar-refractivity contribution is 0.673. The molecule has 11 aromatic carbocycles. The Bertz CT molecular complexity index is 3560. The number of nitrogens with zero attached hydrogens (tertiary/aromatic N) is 1. The summed E-state index contributed by atoms with van der Waals surface area (Å²) in [6, 6.07) is 89.6. The molecule has 300 valence electrons. The molecular formula is C62H41NO. The molecule has 64 heavy (non-hydrogen) atoms. The first kappa shape index (κ1) is 37.3. The summed E-state index contributed by atoms with van der Waals surface area (Å²) < 4.78 is 6.56. The molecule has 0 radical (unpaired) electrons. The van der Waals surface area contributed by atoms with Gasteiger partial charge in [0.05, 0.1) is 0 Å². The number of furan rings is 1. The normalized spacial score (nSPS) is 11.4. The molecule has 0 aliphatic heterocycles. The summed E-state index contributed by atoms with van der Waals surface area (Å²) in [6.07, 6.45) is 0. The Morgan fingerprint density at radius 3 is 1.30 bits per heavy atom. The summed E-state index contributed by atoms with van der Waals surface area (Å²) in [5, 5.41) is 7.07. The van der Waals surface area contributed by atoms with E-state index in [-0.39, 0.29) is 0 Å². The van der Waals surface area contributed by atoms with Gasteiger partial charge in [0.15, 0.2) is 0 Å². The monoisotopic (exact) mass is 815 g/mol. The lowest BCUT2D eigenvalue weighted by Crippen LogP contribution is -2.09. The minimum Gasteiger partial charge on any atom is -0.455 e. The Morgan fingerprint density at radius 2 is 0.703 bits per heavy atom. The second-order valence-electron chi connectivity index (χ2n) is 16.5. The molecule has 0 spiro atoms. The van der Waals surface area contributed by atoms with Gasteiger partial charge in [0.25, 0.3) is 0 Å². The highest BCUT2D eigenvalue weighted by Crippen LogP contribution is 2.43. The van der Waals surface area contributed by atoms with E-state index in [2.05, 4.69) is 254 Å². The summed E-state index contributed by atoms with van der Waals surface area (Å²) >= 11 is 0. The second kappa shape index (κ2) is 15.8. The molecule has 12 aromatic rings. The molecule has 0 aliphatic rings. The Kier molecular flexibility index (Phi) is 9.20. The van der Waals surface area contributed by atoms with E-state index in [0.29, 0.717) is 0 Å². The Balaban J connectivity index is 0.955. The molecule has 0 atom stereocenters. The Labute approximate surface area is 372 Å². The molecule has 0 unspecified atom stereocenters. The highest BCUT2D eigenvalue weighted by atomic mass is 16.3. The first-order valence-electron chi connectivity index (χ1n) is 21.9. The van der Waals surface area contributed by atoms with Crippen LogP contribution in [0.4, 0.5) is 17.1 Å². The van der Waals surface area contributed by atoms with Crippen molar-refractivity contribution in [1.82, 2.24) is 0 Å². The van der Waals surface area contributed by atoms with Crippen LogP contribution < -0.4 is 4.90 Å². The van der Waals surface area contributed by atoms with Gasteiger partial charge in [0, 0.05) is 33.2 Å². The zero-order chi connectivity index (χ0) is 42.4. The van der Waals surface area contributed by atoms with E-state index in [0.717, 1.165) is 61.1 Å². The van der Waals surface area contributed by atoms with E-state index in [1.807, 2.05) is 0 Å². The molecule has 1 heterocycles. The van der Waals surface area contributed by atoms with Crippen LogP contribution >= 0.6 is 0 Å². The molecule has 0 bridgehead atoms. The fraction of sp³-hybridized carbons (Fsp3) is 0. The maximum atomic E-state index is 6.56. The smallest absolute Gasteiger partial charge is 0.143 e. The molecule has 2 nitrogen and oxygen atoms in total. The maximum absolute atomic E-state index is 6.56. The molecule has 0 N–H and O–H groups in total. The predicted octanol–water partition coefficient (Wildman–Crippen LogP) is 17.7. The van der Waals surface area contributed by atoms with E-state index < -0.39 is 0 Å². The minimum atomic E-state index is 0.895. The van der Waals surface area contributed by atoms with Crippen LogP contribution in [0.25, 0.3) is 99.1 Å². The zero-order valence-electron chi connectivity index (χ0n) is 35.0. The third kappa shape index (κ3) is 6.70. The van der Waals surface area contributed by atoms with Crippen molar-refractivity contribution in [2.75, 3.05) is 4.90 Å². The largest absolute Gasteiger partial charge is 0.455 e. The van der Waals surface area contributed by atoms with Gasteiger partial charge in [-0.3, -0.25) is 0 Å². The van der Waals surface area contributed by atoms with E-state index in [1.165, 1.54) is 55.1 Å². The van der Waals surface area contributed by atoms with Gasteiger partial charge in [-0.05, 0) is 139 Å². The van der Waals surface area contributed by atoms with E-state index >= 15 is 0 Å². The van der Waals surface area contributed by atoms with Gasteiger partial charge in [-0.1, -0.05) is 182 Å². The van der Waals surface area contributed by atoms with Crippen molar-refractivity contribution in [3.05, 3.63) is 249 Å². The maximum Gasteiger partial charge on any atom is 0.143 e. The molecule has 0 fully saturated rings. The number of hydrogen-bond acceptors (Lipinski definition) is 2. The van der Waals surface area contributed by atoms with Crippen LogP contribution in [0.3, 0.4) is 0 Å². The summed E-state index contributed by atoms with van der Waals surface area (Å²) in [6.45, 7) is 0. The van der Waals surface area contributed by atoms with E-state index in [9.17, 15) is 0 Å². The van der Waals surface area contributed by atoms with Gasteiger partial charge >= 0.3 is 0 Å². The van der Waals surface area contributed by atoms with Gasteiger partial charge in [-0.15, -0.1) is 0 Å². The molecule has 0 aliphatic carbocycles. The summed E-state index contributed by atoms with van der Waals surface area (Å²) in [7, 11) is 0. The van der Waals surface area contributed by atoms with E-state index in [4.69, 9.17) is 4.42 Å². The average Bonchev–Trinajstić information content (AvgIpc) is 3.77. The SMILES string of the molecule is c1ccc(-c2cc(-c3ccccc3)cc(-c3ccc(N(c4ccc(-c5cccc6ccccc56)cc4)c4ccc(-c5cccc6oc7c8ccccc8ccc7c56)cc4)cc3)c2)cc1. The molecule has 1 aromatic heterocycles. The molecule has 12 rings (SSSR count). The van der Waals surface area contributed by atoms with Gasteiger partial charge in [0.2, 0.25) is 0 Å². The minimum absolute atomic E-state index is 0.895. The Morgan fingerprint density at radius 1 is 0.266 bits per heavy atom. The third-order valence-electron chi connectivity index (χ3n) is 12.7. The topological polar surface area (TPSA) is 16.4 Å². The van der Waals surface area contributed by atoms with Crippen LogP contribution in [0.2, 0.25) is 0 Å². The number of rotatable bonds is 8. The fourth-order valence-electron chi connectivity index (χ4n) is 9.49. The Hall–Kier alpha value is -8.46. The van der Waals surface area contributed by atoms with Crippen LogP contribution in [0, 0.1) is 0 Å². The lowest BCUT2D eigenvalue weighted by Gasteiger charge is -2.26. The average molecular weight is 816 g/mol. The van der Waals surface area contributed by atoms with Crippen LogP contribution in [0.5, 0.6) is 0 Å². The van der Waals surface area contributed by atoms with Crippen molar-refractivity contribution in [3.63, 3.8) is 0 Å².